The molecule has 2 heterocycles. The van der Waals surface area contributed by atoms with E-state index in [9.17, 15) is 0 Å². The molecule has 2 rings (SSSR count). The normalized spacial score (nSPS) is 21.2. The summed E-state index contributed by atoms with van der Waals surface area (Å²) in [6.07, 6.45) is 4.79. The predicted octanol–water partition coefficient (Wildman–Crippen LogP) is 1.83. The van der Waals surface area contributed by atoms with Crippen molar-refractivity contribution in [2.24, 2.45) is 12.8 Å². The Hall–Kier alpha value is -0.910. The average Bonchev–Trinajstić information content (AvgIpc) is 2.99. The number of nitrogens with two attached hydrogens (primary N) is 1. The first-order valence-corrected chi connectivity index (χ1v) is 7.89. The summed E-state index contributed by atoms with van der Waals surface area (Å²) in [5.41, 5.74) is 8.49. The van der Waals surface area contributed by atoms with E-state index in [0.29, 0.717) is 12.6 Å². The summed E-state index contributed by atoms with van der Waals surface area (Å²) >= 11 is 0. The highest BCUT2D eigenvalue weighted by molar-refractivity contribution is 5.27. The smallest absolute Gasteiger partial charge is 0.0726 e. The Morgan fingerprint density at radius 2 is 2.24 bits per heavy atom. The molecule has 1 saturated heterocycles. The van der Waals surface area contributed by atoms with Gasteiger partial charge in [-0.2, -0.15) is 5.10 Å². The summed E-state index contributed by atoms with van der Waals surface area (Å²) in [4.78, 5) is 2.32. The molecular formula is C16H30N4O. The number of rotatable bonds is 5. The third-order valence-electron chi connectivity index (χ3n) is 4.20. The van der Waals surface area contributed by atoms with Crippen molar-refractivity contribution in [3.8, 4) is 0 Å². The van der Waals surface area contributed by atoms with Gasteiger partial charge >= 0.3 is 0 Å². The molecule has 5 heteroatoms. The van der Waals surface area contributed by atoms with Gasteiger partial charge in [-0.05, 0) is 19.9 Å². The fourth-order valence-electron chi connectivity index (χ4n) is 3.11. The van der Waals surface area contributed by atoms with Crippen LogP contribution in [0.25, 0.3) is 0 Å². The molecule has 2 N–H and O–H groups in total. The van der Waals surface area contributed by atoms with E-state index in [1.165, 1.54) is 12.0 Å². The van der Waals surface area contributed by atoms with E-state index in [-0.39, 0.29) is 11.5 Å². The molecule has 0 spiro atoms. The molecule has 0 aromatic carbocycles. The minimum Gasteiger partial charge on any atom is -0.377 e. The quantitative estimate of drug-likeness (QED) is 0.900. The summed E-state index contributed by atoms with van der Waals surface area (Å²) in [6.45, 7) is 9.02. The molecule has 1 fully saturated rings. The van der Waals surface area contributed by atoms with Gasteiger partial charge in [-0.15, -0.1) is 0 Å². The Kier molecular flexibility index (Phi) is 5.07. The van der Waals surface area contributed by atoms with Crippen molar-refractivity contribution in [1.29, 1.82) is 0 Å². The number of ether oxygens (including phenoxy) is 1. The Balaban J connectivity index is 2.20. The molecule has 0 radical (unpaired) electrons. The van der Waals surface area contributed by atoms with E-state index >= 15 is 0 Å². The summed E-state index contributed by atoms with van der Waals surface area (Å²) < 4.78 is 7.65. The maximum Gasteiger partial charge on any atom is 0.0726 e. The third kappa shape index (κ3) is 3.84. The lowest BCUT2D eigenvalue weighted by Crippen LogP contribution is -2.37. The number of likely N-dealkylation sites (N-methyl/N-ethyl adjacent to an activating group) is 1. The number of hydrogen-bond donors (Lipinski definition) is 1. The second-order valence-electron chi connectivity index (χ2n) is 7.18. The van der Waals surface area contributed by atoms with Crippen molar-refractivity contribution in [2.45, 2.75) is 51.2 Å². The number of hydrogen-bond acceptors (Lipinski definition) is 4. The first-order valence-electron chi connectivity index (χ1n) is 7.89. The molecule has 5 nitrogen and oxygen atoms in total. The molecule has 1 aliphatic rings. The van der Waals surface area contributed by atoms with Crippen LogP contribution in [0.15, 0.2) is 6.20 Å². The molecular weight excluding hydrogens is 264 g/mol. The lowest BCUT2D eigenvalue weighted by Gasteiger charge is -2.30. The maximum absolute atomic E-state index is 6.08. The van der Waals surface area contributed by atoms with Crippen LogP contribution in [0.2, 0.25) is 0 Å². The van der Waals surface area contributed by atoms with Crippen LogP contribution in [0, 0.1) is 0 Å². The second kappa shape index (κ2) is 6.46. The highest BCUT2D eigenvalue weighted by atomic mass is 16.5. The van der Waals surface area contributed by atoms with E-state index in [1.807, 2.05) is 11.7 Å². The van der Waals surface area contributed by atoms with Crippen molar-refractivity contribution < 1.29 is 4.74 Å². The van der Waals surface area contributed by atoms with Gasteiger partial charge in [0.05, 0.1) is 17.8 Å². The molecule has 2 unspecified atom stereocenters. The maximum atomic E-state index is 6.08. The van der Waals surface area contributed by atoms with Gasteiger partial charge in [0.15, 0.2) is 0 Å². The van der Waals surface area contributed by atoms with Crippen LogP contribution in [-0.4, -0.2) is 47.5 Å². The molecule has 1 aromatic rings. The lowest BCUT2D eigenvalue weighted by molar-refractivity contribution is 0.0687. The van der Waals surface area contributed by atoms with Crippen LogP contribution >= 0.6 is 0 Å². The molecule has 2 atom stereocenters. The first-order chi connectivity index (χ1) is 9.82. The van der Waals surface area contributed by atoms with E-state index in [4.69, 9.17) is 10.5 Å². The van der Waals surface area contributed by atoms with Crippen molar-refractivity contribution in [1.82, 2.24) is 14.7 Å². The van der Waals surface area contributed by atoms with Crippen LogP contribution in [0.5, 0.6) is 0 Å². The molecule has 21 heavy (non-hydrogen) atoms. The minimum atomic E-state index is 0.0225. The van der Waals surface area contributed by atoms with Crippen LogP contribution < -0.4 is 5.73 Å². The lowest BCUT2D eigenvalue weighted by atomic mass is 9.87. The fraction of sp³-hybridized carbons (Fsp3) is 0.812. The van der Waals surface area contributed by atoms with Gasteiger partial charge in [-0.25, -0.2) is 0 Å². The Morgan fingerprint density at radius 3 is 2.76 bits per heavy atom. The van der Waals surface area contributed by atoms with Crippen LogP contribution in [0.1, 0.15) is 50.9 Å². The molecule has 0 amide bonds. The molecule has 0 bridgehead atoms. The standard InChI is InChI=1S/C16H30N4O/c1-16(2,3)15-13(11-20(5)18-15)14(9-17)19(4)10-12-7-6-8-21-12/h11-12,14H,6-10,17H2,1-5H3. The van der Waals surface area contributed by atoms with E-state index < -0.39 is 0 Å². The van der Waals surface area contributed by atoms with Crippen molar-refractivity contribution in [3.05, 3.63) is 17.5 Å². The van der Waals surface area contributed by atoms with Crippen molar-refractivity contribution >= 4 is 0 Å². The minimum absolute atomic E-state index is 0.0225. The van der Waals surface area contributed by atoms with E-state index in [2.05, 4.69) is 44.0 Å². The fourth-order valence-corrected chi connectivity index (χ4v) is 3.11. The van der Waals surface area contributed by atoms with Crippen molar-refractivity contribution in [2.75, 3.05) is 26.7 Å². The van der Waals surface area contributed by atoms with Gasteiger partial charge < -0.3 is 10.5 Å². The number of nitrogens with zero attached hydrogens (tertiary/aromatic N) is 3. The van der Waals surface area contributed by atoms with Crippen LogP contribution in [0.4, 0.5) is 0 Å². The average molecular weight is 294 g/mol. The Morgan fingerprint density at radius 1 is 1.52 bits per heavy atom. The van der Waals surface area contributed by atoms with Gasteiger partial charge in [0.25, 0.3) is 0 Å². The van der Waals surface area contributed by atoms with Crippen molar-refractivity contribution in [3.63, 3.8) is 0 Å². The topological polar surface area (TPSA) is 56.3 Å². The summed E-state index contributed by atoms with van der Waals surface area (Å²) in [5, 5.41) is 4.67. The molecule has 1 aliphatic heterocycles. The SMILES string of the molecule is CN(CC1CCCO1)C(CN)c1cn(C)nc1C(C)(C)C. The highest BCUT2D eigenvalue weighted by Gasteiger charge is 2.29. The number of aromatic nitrogens is 2. The molecule has 0 saturated carbocycles. The van der Waals surface area contributed by atoms with Gasteiger partial charge in [0.2, 0.25) is 0 Å². The first kappa shape index (κ1) is 16.5. The molecule has 120 valence electrons. The van der Waals surface area contributed by atoms with E-state index in [1.54, 1.807) is 0 Å². The Bertz CT molecular complexity index is 457. The monoisotopic (exact) mass is 294 g/mol. The molecule has 1 aromatic heterocycles. The largest absolute Gasteiger partial charge is 0.377 e. The second-order valence-corrected chi connectivity index (χ2v) is 7.18. The van der Waals surface area contributed by atoms with Gasteiger partial charge in [0, 0.05) is 43.9 Å². The van der Waals surface area contributed by atoms with E-state index in [0.717, 1.165) is 25.3 Å². The van der Waals surface area contributed by atoms with Gasteiger partial charge in [0.1, 0.15) is 0 Å². The highest BCUT2D eigenvalue weighted by Crippen LogP contribution is 2.31. The van der Waals surface area contributed by atoms with Crippen LogP contribution in [0.3, 0.4) is 0 Å². The predicted molar refractivity (Wildman–Crippen MR) is 85.3 cm³/mol. The zero-order valence-corrected chi connectivity index (χ0v) is 14.1. The van der Waals surface area contributed by atoms with Gasteiger partial charge in [-0.1, -0.05) is 20.8 Å². The Labute approximate surface area is 128 Å². The summed E-state index contributed by atoms with van der Waals surface area (Å²) in [7, 11) is 4.12. The summed E-state index contributed by atoms with van der Waals surface area (Å²) in [6, 6.07) is 0.192. The summed E-state index contributed by atoms with van der Waals surface area (Å²) in [5.74, 6) is 0. The zero-order valence-electron chi connectivity index (χ0n) is 14.1. The van der Waals surface area contributed by atoms with Crippen LogP contribution in [-0.2, 0) is 17.2 Å². The zero-order chi connectivity index (χ0) is 15.6. The molecule has 0 aliphatic carbocycles. The number of aryl methyl sites for hydroxylation is 1. The van der Waals surface area contributed by atoms with Gasteiger partial charge in [-0.3, -0.25) is 9.58 Å². The third-order valence-corrected chi connectivity index (χ3v) is 4.20.